The second-order valence-corrected chi connectivity index (χ2v) is 7.32. The van der Waals surface area contributed by atoms with Crippen molar-refractivity contribution in [2.75, 3.05) is 24.3 Å². The third-order valence-electron chi connectivity index (χ3n) is 5.07. The van der Waals surface area contributed by atoms with E-state index in [-0.39, 0.29) is 23.7 Å². The SMILES string of the molecule is Cc1nc2c(c(C(F)(F)F)n1)CC(C(=O)Nc1cccc(N(C)C)c1C)CC2. The highest BCUT2D eigenvalue weighted by molar-refractivity contribution is 5.94. The van der Waals surface area contributed by atoms with E-state index in [0.717, 1.165) is 11.3 Å². The van der Waals surface area contributed by atoms with Crippen LogP contribution in [0.2, 0.25) is 0 Å². The van der Waals surface area contributed by atoms with Crippen molar-refractivity contribution in [2.24, 2.45) is 5.92 Å². The average Bonchev–Trinajstić information content (AvgIpc) is 2.61. The summed E-state index contributed by atoms with van der Waals surface area (Å²) in [6.45, 7) is 3.36. The molecule has 2 aromatic rings. The van der Waals surface area contributed by atoms with Gasteiger partial charge in [0.2, 0.25) is 5.91 Å². The van der Waals surface area contributed by atoms with E-state index < -0.39 is 17.8 Å². The molecule has 1 aromatic heterocycles. The zero-order chi connectivity index (χ0) is 20.6. The van der Waals surface area contributed by atoms with Gasteiger partial charge in [0.25, 0.3) is 0 Å². The van der Waals surface area contributed by atoms with Gasteiger partial charge < -0.3 is 10.2 Å². The first kappa shape index (κ1) is 20.1. The third-order valence-corrected chi connectivity index (χ3v) is 5.07. The van der Waals surface area contributed by atoms with Gasteiger partial charge in [-0.2, -0.15) is 13.2 Å². The second kappa shape index (κ2) is 7.41. The lowest BCUT2D eigenvalue weighted by Crippen LogP contribution is -2.31. The molecule has 1 aliphatic carbocycles. The standard InChI is InChI=1S/C20H23F3N4O/c1-11-15(6-5-7-17(11)27(3)4)26-19(28)13-8-9-16-14(10-13)18(20(21,22)23)25-12(2)24-16/h5-7,13H,8-10H2,1-4H3,(H,26,28). The Morgan fingerprint density at radius 1 is 1.21 bits per heavy atom. The number of alkyl halides is 3. The summed E-state index contributed by atoms with van der Waals surface area (Å²) in [4.78, 5) is 22.5. The van der Waals surface area contributed by atoms with Gasteiger partial charge >= 0.3 is 6.18 Å². The Labute approximate surface area is 162 Å². The Morgan fingerprint density at radius 3 is 2.57 bits per heavy atom. The molecule has 1 amide bonds. The fourth-order valence-corrected chi connectivity index (χ4v) is 3.67. The Bertz CT molecular complexity index is 909. The fraction of sp³-hybridized carbons (Fsp3) is 0.450. The summed E-state index contributed by atoms with van der Waals surface area (Å²) < 4.78 is 40.2. The molecule has 1 N–H and O–H groups in total. The van der Waals surface area contributed by atoms with E-state index in [0.29, 0.717) is 24.2 Å². The molecule has 150 valence electrons. The number of rotatable bonds is 3. The molecule has 28 heavy (non-hydrogen) atoms. The number of nitrogens with zero attached hydrogens (tertiary/aromatic N) is 3. The van der Waals surface area contributed by atoms with Crippen LogP contribution in [0.3, 0.4) is 0 Å². The van der Waals surface area contributed by atoms with Crippen molar-refractivity contribution >= 4 is 17.3 Å². The van der Waals surface area contributed by atoms with Gasteiger partial charge in [0, 0.05) is 42.6 Å². The van der Waals surface area contributed by atoms with Crippen molar-refractivity contribution in [1.29, 1.82) is 0 Å². The Morgan fingerprint density at radius 2 is 1.93 bits per heavy atom. The lowest BCUT2D eigenvalue weighted by Gasteiger charge is -2.26. The summed E-state index contributed by atoms with van der Waals surface area (Å²) in [7, 11) is 3.82. The molecule has 1 heterocycles. The molecule has 0 bridgehead atoms. The van der Waals surface area contributed by atoms with Gasteiger partial charge in [0.05, 0.1) is 0 Å². The van der Waals surface area contributed by atoms with E-state index in [1.807, 2.05) is 38.1 Å². The van der Waals surface area contributed by atoms with Crippen LogP contribution in [0.4, 0.5) is 24.5 Å². The van der Waals surface area contributed by atoms with E-state index in [2.05, 4.69) is 15.3 Å². The molecule has 0 aliphatic heterocycles. The molecule has 8 heteroatoms. The van der Waals surface area contributed by atoms with Crippen LogP contribution in [0.5, 0.6) is 0 Å². The molecule has 5 nitrogen and oxygen atoms in total. The van der Waals surface area contributed by atoms with Crippen molar-refractivity contribution in [1.82, 2.24) is 9.97 Å². The summed E-state index contributed by atoms with van der Waals surface area (Å²) in [6, 6.07) is 5.58. The number of aromatic nitrogens is 2. The lowest BCUT2D eigenvalue weighted by atomic mass is 9.84. The summed E-state index contributed by atoms with van der Waals surface area (Å²) in [5.41, 5.74) is 2.07. The van der Waals surface area contributed by atoms with Crippen molar-refractivity contribution < 1.29 is 18.0 Å². The third kappa shape index (κ3) is 3.95. The number of anilines is 2. The molecule has 3 rings (SSSR count). The molecule has 0 spiro atoms. The van der Waals surface area contributed by atoms with Crippen molar-refractivity contribution in [3.8, 4) is 0 Å². The quantitative estimate of drug-likeness (QED) is 0.860. The number of carbonyl (C=O) groups excluding carboxylic acids is 1. The maximum atomic E-state index is 13.4. The first-order valence-corrected chi connectivity index (χ1v) is 9.09. The van der Waals surface area contributed by atoms with Crippen LogP contribution in [-0.2, 0) is 23.8 Å². The Kier molecular flexibility index (Phi) is 5.32. The minimum Gasteiger partial charge on any atom is -0.377 e. The Balaban J connectivity index is 1.85. The average molecular weight is 392 g/mol. The van der Waals surface area contributed by atoms with E-state index >= 15 is 0 Å². The van der Waals surface area contributed by atoms with Crippen LogP contribution in [0, 0.1) is 19.8 Å². The van der Waals surface area contributed by atoms with Crippen LogP contribution >= 0.6 is 0 Å². The fourth-order valence-electron chi connectivity index (χ4n) is 3.67. The van der Waals surface area contributed by atoms with Crippen LogP contribution in [0.15, 0.2) is 18.2 Å². The van der Waals surface area contributed by atoms with E-state index in [1.165, 1.54) is 6.92 Å². The lowest BCUT2D eigenvalue weighted by molar-refractivity contribution is -0.142. The molecule has 0 radical (unpaired) electrons. The van der Waals surface area contributed by atoms with E-state index in [1.54, 1.807) is 6.07 Å². The normalized spacial score (nSPS) is 16.5. The number of amides is 1. The van der Waals surface area contributed by atoms with Gasteiger partial charge in [-0.15, -0.1) is 0 Å². The minimum absolute atomic E-state index is 0.0112. The maximum absolute atomic E-state index is 13.4. The molecule has 1 atom stereocenters. The van der Waals surface area contributed by atoms with Gasteiger partial charge in [-0.1, -0.05) is 6.07 Å². The molecule has 1 unspecified atom stereocenters. The van der Waals surface area contributed by atoms with Gasteiger partial charge in [0.1, 0.15) is 5.82 Å². The second-order valence-electron chi connectivity index (χ2n) is 7.32. The van der Waals surface area contributed by atoms with Crippen molar-refractivity contribution in [3.63, 3.8) is 0 Å². The van der Waals surface area contributed by atoms with E-state index in [4.69, 9.17) is 0 Å². The predicted molar refractivity (Wildman–Crippen MR) is 101 cm³/mol. The molecule has 1 aromatic carbocycles. The van der Waals surface area contributed by atoms with Gasteiger partial charge in [-0.25, -0.2) is 9.97 Å². The van der Waals surface area contributed by atoms with Crippen LogP contribution in [0.1, 0.15) is 34.8 Å². The summed E-state index contributed by atoms with van der Waals surface area (Å²) in [6.07, 6.45) is -3.79. The number of benzene rings is 1. The molecular formula is C20H23F3N4O. The number of halogens is 3. The highest BCUT2D eigenvalue weighted by Gasteiger charge is 2.39. The number of fused-ring (bicyclic) bond motifs is 1. The highest BCUT2D eigenvalue weighted by atomic mass is 19.4. The molecule has 0 saturated carbocycles. The molecular weight excluding hydrogens is 369 g/mol. The van der Waals surface area contributed by atoms with Gasteiger partial charge in [-0.3, -0.25) is 4.79 Å². The smallest absolute Gasteiger partial charge is 0.377 e. The number of hydrogen-bond donors (Lipinski definition) is 1. The van der Waals surface area contributed by atoms with Crippen LogP contribution < -0.4 is 10.2 Å². The number of hydrogen-bond acceptors (Lipinski definition) is 4. The topological polar surface area (TPSA) is 58.1 Å². The van der Waals surface area contributed by atoms with Gasteiger partial charge in [-0.05, 0) is 50.8 Å². The Hall–Kier alpha value is -2.64. The first-order valence-electron chi connectivity index (χ1n) is 9.09. The van der Waals surface area contributed by atoms with Crippen molar-refractivity contribution in [2.45, 2.75) is 39.3 Å². The number of carbonyl (C=O) groups is 1. The minimum atomic E-state index is -4.56. The summed E-state index contributed by atoms with van der Waals surface area (Å²) in [5, 5.41) is 2.89. The van der Waals surface area contributed by atoms with E-state index in [9.17, 15) is 18.0 Å². The monoisotopic (exact) mass is 392 g/mol. The van der Waals surface area contributed by atoms with Crippen molar-refractivity contribution in [3.05, 3.63) is 46.5 Å². The number of nitrogens with one attached hydrogen (secondary N) is 1. The van der Waals surface area contributed by atoms with Crippen LogP contribution in [-0.4, -0.2) is 30.0 Å². The highest BCUT2D eigenvalue weighted by Crippen LogP contribution is 2.36. The summed E-state index contributed by atoms with van der Waals surface area (Å²) in [5.74, 6) is -0.731. The maximum Gasteiger partial charge on any atom is 0.433 e. The first-order chi connectivity index (χ1) is 13.1. The molecule has 0 saturated heterocycles. The van der Waals surface area contributed by atoms with Gasteiger partial charge in [0.15, 0.2) is 5.69 Å². The zero-order valence-electron chi connectivity index (χ0n) is 16.3. The zero-order valence-corrected chi connectivity index (χ0v) is 16.3. The molecule has 1 aliphatic rings. The molecule has 0 fully saturated rings. The van der Waals surface area contributed by atoms with Crippen LogP contribution in [0.25, 0.3) is 0 Å². The largest absolute Gasteiger partial charge is 0.433 e. The predicted octanol–water partition coefficient (Wildman–Crippen LogP) is 3.92. The summed E-state index contributed by atoms with van der Waals surface area (Å²) >= 11 is 0. The number of aryl methyl sites for hydroxylation is 2.